The standard InChI is InChI=1S/C10H12BrFN2/c11-5-8-3-4-14(7-8)10-2-1-9(12)6-13-10/h1-2,6,8H,3-5,7H2. The molecule has 2 nitrogen and oxygen atoms in total. The average molecular weight is 259 g/mol. The molecule has 0 N–H and O–H groups in total. The maximum Gasteiger partial charge on any atom is 0.141 e. The summed E-state index contributed by atoms with van der Waals surface area (Å²) in [6, 6.07) is 3.20. The normalized spacial score (nSPS) is 21.6. The summed E-state index contributed by atoms with van der Waals surface area (Å²) < 4.78 is 12.6. The third kappa shape index (κ3) is 2.05. The second-order valence-electron chi connectivity index (χ2n) is 3.59. The first-order valence-corrected chi connectivity index (χ1v) is 5.84. The van der Waals surface area contributed by atoms with Crippen LogP contribution in [-0.2, 0) is 0 Å². The summed E-state index contributed by atoms with van der Waals surface area (Å²) in [6.07, 6.45) is 2.46. The quantitative estimate of drug-likeness (QED) is 0.758. The zero-order valence-electron chi connectivity index (χ0n) is 7.79. The van der Waals surface area contributed by atoms with E-state index in [0.717, 1.165) is 24.2 Å². The molecular formula is C10H12BrFN2. The van der Waals surface area contributed by atoms with E-state index in [1.54, 1.807) is 6.07 Å². The highest BCUT2D eigenvalue weighted by atomic mass is 79.9. The monoisotopic (exact) mass is 258 g/mol. The molecule has 1 aliphatic heterocycles. The van der Waals surface area contributed by atoms with Crippen molar-refractivity contribution in [2.24, 2.45) is 5.92 Å². The van der Waals surface area contributed by atoms with Crippen LogP contribution in [-0.4, -0.2) is 23.4 Å². The van der Waals surface area contributed by atoms with E-state index in [9.17, 15) is 4.39 Å². The van der Waals surface area contributed by atoms with Crippen molar-refractivity contribution in [1.82, 2.24) is 4.98 Å². The van der Waals surface area contributed by atoms with Gasteiger partial charge in [-0.2, -0.15) is 0 Å². The molecule has 14 heavy (non-hydrogen) atoms. The Kier molecular flexibility index (Phi) is 3.01. The number of aromatic nitrogens is 1. The predicted molar refractivity (Wildman–Crippen MR) is 58.3 cm³/mol. The number of nitrogens with zero attached hydrogens (tertiary/aromatic N) is 2. The highest BCUT2D eigenvalue weighted by molar-refractivity contribution is 9.09. The van der Waals surface area contributed by atoms with Crippen LogP contribution in [0.3, 0.4) is 0 Å². The van der Waals surface area contributed by atoms with Crippen molar-refractivity contribution in [2.75, 3.05) is 23.3 Å². The van der Waals surface area contributed by atoms with Gasteiger partial charge in [0.15, 0.2) is 0 Å². The second-order valence-corrected chi connectivity index (χ2v) is 4.24. The number of hydrogen-bond acceptors (Lipinski definition) is 2. The Balaban J connectivity index is 2.06. The van der Waals surface area contributed by atoms with Crippen LogP contribution in [0.5, 0.6) is 0 Å². The summed E-state index contributed by atoms with van der Waals surface area (Å²) in [6.45, 7) is 2.04. The fourth-order valence-electron chi connectivity index (χ4n) is 1.72. The van der Waals surface area contributed by atoms with E-state index >= 15 is 0 Å². The van der Waals surface area contributed by atoms with Gasteiger partial charge in [-0.25, -0.2) is 9.37 Å². The molecule has 76 valence electrons. The van der Waals surface area contributed by atoms with Crippen LogP contribution < -0.4 is 4.90 Å². The van der Waals surface area contributed by atoms with Gasteiger partial charge in [-0.15, -0.1) is 0 Å². The van der Waals surface area contributed by atoms with E-state index in [2.05, 4.69) is 25.8 Å². The zero-order chi connectivity index (χ0) is 9.97. The van der Waals surface area contributed by atoms with Crippen molar-refractivity contribution in [3.63, 3.8) is 0 Å². The van der Waals surface area contributed by atoms with Crippen LogP contribution in [0.1, 0.15) is 6.42 Å². The lowest BCUT2D eigenvalue weighted by atomic mass is 10.2. The zero-order valence-corrected chi connectivity index (χ0v) is 9.37. The second kappa shape index (κ2) is 4.26. The minimum absolute atomic E-state index is 0.273. The fourth-order valence-corrected chi connectivity index (χ4v) is 2.25. The average Bonchev–Trinajstić information content (AvgIpc) is 2.67. The molecule has 1 fully saturated rings. The minimum atomic E-state index is -0.273. The minimum Gasteiger partial charge on any atom is -0.356 e. The molecule has 4 heteroatoms. The van der Waals surface area contributed by atoms with Gasteiger partial charge in [0.2, 0.25) is 0 Å². The molecule has 0 radical (unpaired) electrons. The summed E-state index contributed by atoms with van der Waals surface area (Å²) in [7, 11) is 0. The highest BCUT2D eigenvalue weighted by Crippen LogP contribution is 2.22. The van der Waals surface area contributed by atoms with Crippen LogP contribution in [0.4, 0.5) is 10.2 Å². The number of halogens is 2. The largest absolute Gasteiger partial charge is 0.356 e. The first kappa shape index (κ1) is 9.90. The van der Waals surface area contributed by atoms with Crippen LogP contribution in [0.15, 0.2) is 18.3 Å². The predicted octanol–water partition coefficient (Wildman–Crippen LogP) is 2.44. The Labute approximate surface area is 91.3 Å². The summed E-state index contributed by atoms with van der Waals surface area (Å²) >= 11 is 3.48. The summed E-state index contributed by atoms with van der Waals surface area (Å²) in [5.74, 6) is 1.31. The molecule has 0 aromatic carbocycles. The van der Waals surface area contributed by atoms with Crippen molar-refractivity contribution < 1.29 is 4.39 Å². The number of alkyl halides is 1. The van der Waals surface area contributed by atoms with E-state index in [0.29, 0.717) is 5.92 Å². The van der Waals surface area contributed by atoms with E-state index in [4.69, 9.17) is 0 Å². The molecule has 1 atom stereocenters. The molecule has 1 aromatic rings. The Hall–Kier alpha value is -0.640. The first-order chi connectivity index (χ1) is 6.79. The Morgan fingerprint density at radius 3 is 3.00 bits per heavy atom. The van der Waals surface area contributed by atoms with E-state index in [1.807, 2.05) is 0 Å². The smallest absolute Gasteiger partial charge is 0.141 e. The third-order valence-electron chi connectivity index (χ3n) is 2.54. The Morgan fingerprint density at radius 1 is 1.57 bits per heavy atom. The topological polar surface area (TPSA) is 16.1 Å². The van der Waals surface area contributed by atoms with Gasteiger partial charge >= 0.3 is 0 Å². The lowest BCUT2D eigenvalue weighted by Gasteiger charge is -2.16. The van der Waals surface area contributed by atoms with Gasteiger partial charge in [0, 0.05) is 18.4 Å². The highest BCUT2D eigenvalue weighted by Gasteiger charge is 2.22. The van der Waals surface area contributed by atoms with E-state index < -0.39 is 0 Å². The van der Waals surface area contributed by atoms with Crippen LogP contribution in [0.25, 0.3) is 0 Å². The molecule has 1 aliphatic rings. The van der Waals surface area contributed by atoms with Crippen molar-refractivity contribution in [3.05, 3.63) is 24.1 Å². The van der Waals surface area contributed by atoms with Crippen LogP contribution >= 0.6 is 15.9 Å². The van der Waals surface area contributed by atoms with Gasteiger partial charge in [-0.05, 0) is 24.5 Å². The van der Waals surface area contributed by atoms with E-state index in [1.165, 1.54) is 18.7 Å². The van der Waals surface area contributed by atoms with Gasteiger partial charge in [-0.1, -0.05) is 15.9 Å². The molecular weight excluding hydrogens is 247 g/mol. The van der Waals surface area contributed by atoms with Gasteiger partial charge in [-0.3, -0.25) is 0 Å². The number of rotatable bonds is 2. The molecule has 0 aliphatic carbocycles. The summed E-state index contributed by atoms with van der Waals surface area (Å²) in [5, 5.41) is 1.03. The lowest BCUT2D eigenvalue weighted by molar-refractivity contribution is 0.620. The van der Waals surface area contributed by atoms with Gasteiger partial charge < -0.3 is 4.90 Å². The van der Waals surface area contributed by atoms with Crippen molar-refractivity contribution >= 4 is 21.7 Å². The third-order valence-corrected chi connectivity index (χ3v) is 3.46. The van der Waals surface area contributed by atoms with Crippen LogP contribution in [0.2, 0.25) is 0 Å². The Bertz CT molecular complexity index is 301. The number of hydrogen-bond donors (Lipinski definition) is 0. The summed E-state index contributed by atoms with van der Waals surface area (Å²) in [4.78, 5) is 6.26. The summed E-state index contributed by atoms with van der Waals surface area (Å²) in [5.41, 5.74) is 0. The molecule has 2 rings (SSSR count). The fraction of sp³-hybridized carbons (Fsp3) is 0.500. The molecule has 2 heterocycles. The maximum absolute atomic E-state index is 12.6. The molecule has 1 aromatic heterocycles. The number of anilines is 1. The van der Waals surface area contributed by atoms with Gasteiger partial charge in [0.25, 0.3) is 0 Å². The van der Waals surface area contributed by atoms with Gasteiger partial charge in [0.1, 0.15) is 11.6 Å². The molecule has 1 unspecified atom stereocenters. The van der Waals surface area contributed by atoms with Gasteiger partial charge in [0.05, 0.1) is 6.20 Å². The SMILES string of the molecule is Fc1ccc(N2CCC(CBr)C2)nc1. The Morgan fingerprint density at radius 2 is 2.43 bits per heavy atom. The lowest BCUT2D eigenvalue weighted by Crippen LogP contribution is -2.20. The van der Waals surface area contributed by atoms with Crippen molar-refractivity contribution in [2.45, 2.75) is 6.42 Å². The van der Waals surface area contributed by atoms with Crippen LogP contribution in [0, 0.1) is 11.7 Å². The van der Waals surface area contributed by atoms with Crippen molar-refractivity contribution in [3.8, 4) is 0 Å². The molecule has 0 spiro atoms. The van der Waals surface area contributed by atoms with E-state index in [-0.39, 0.29) is 5.82 Å². The maximum atomic E-state index is 12.6. The molecule has 1 saturated heterocycles. The molecule has 0 amide bonds. The molecule has 0 saturated carbocycles. The molecule has 0 bridgehead atoms. The number of pyridine rings is 1. The van der Waals surface area contributed by atoms with Crippen molar-refractivity contribution in [1.29, 1.82) is 0 Å². The first-order valence-electron chi connectivity index (χ1n) is 4.72.